The van der Waals surface area contributed by atoms with Crippen LogP contribution in [0, 0.1) is 27.7 Å². The van der Waals surface area contributed by atoms with Crippen LogP contribution in [0.25, 0.3) is 27.4 Å². The summed E-state index contributed by atoms with van der Waals surface area (Å²) < 4.78 is 10.1. The van der Waals surface area contributed by atoms with Crippen LogP contribution in [0.4, 0.5) is 11.6 Å². The zero-order chi connectivity index (χ0) is 41.9. The average molecular weight is 781 g/mol. The van der Waals surface area contributed by atoms with Crippen molar-refractivity contribution in [1.29, 1.82) is 0 Å². The molecule has 0 bridgehead atoms. The second-order valence-electron chi connectivity index (χ2n) is 14.8. The first-order chi connectivity index (χ1) is 27.7. The normalized spacial score (nSPS) is 12.9. The molecule has 6 rings (SSSR count). The first kappa shape index (κ1) is 43.0. The zero-order valence-electron chi connectivity index (χ0n) is 35.4. The molecule has 0 saturated heterocycles. The molecule has 58 heavy (non-hydrogen) atoms. The van der Waals surface area contributed by atoms with Crippen LogP contribution in [0.3, 0.4) is 0 Å². The van der Waals surface area contributed by atoms with Crippen LogP contribution in [0.15, 0.2) is 91.0 Å². The van der Waals surface area contributed by atoms with Crippen LogP contribution in [-0.2, 0) is 19.1 Å². The highest BCUT2D eigenvalue weighted by molar-refractivity contribution is 5.95. The van der Waals surface area contributed by atoms with E-state index in [1.54, 1.807) is 6.92 Å². The van der Waals surface area contributed by atoms with Gasteiger partial charge >= 0.3 is 11.9 Å². The first-order valence-electron chi connectivity index (χ1n) is 20.0. The molecule has 0 aliphatic rings. The predicted octanol–water partition coefficient (Wildman–Crippen LogP) is 10.9. The number of nitrogens with zero attached hydrogens (tertiary/aromatic N) is 4. The molecular weight excluding hydrogens is 725 g/mol. The number of anilines is 2. The molecule has 0 spiro atoms. The molecule has 0 fully saturated rings. The molecule has 0 radical (unpaired) electrons. The number of benzene rings is 4. The molecule has 2 N–H and O–H groups in total. The zero-order valence-corrected chi connectivity index (χ0v) is 35.4. The van der Waals surface area contributed by atoms with Crippen LogP contribution >= 0.6 is 0 Å². The molecule has 0 aliphatic heterocycles. The number of allylic oxidation sites excluding steroid dienone is 1. The van der Waals surface area contributed by atoms with E-state index in [-0.39, 0.29) is 29.9 Å². The Kier molecular flexibility index (Phi) is 14.7. The van der Waals surface area contributed by atoms with Crippen molar-refractivity contribution in [2.75, 3.05) is 23.8 Å². The Hall–Kier alpha value is -6.16. The number of hydrogen-bond acceptors (Lipinski definition) is 10. The van der Waals surface area contributed by atoms with Crippen molar-refractivity contribution in [3.8, 4) is 0 Å². The third kappa shape index (κ3) is 11.5. The summed E-state index contributed by atoms with van der Waals surface area (Å²) in [6.07, 6.45) is 1.87. The summed E-state index contributed by atoms with van der Waals surface area (Å²) in [7, 11) is 0. The second kappa shape index (κ2) is 19.8. The summed E-state index contributed by atoms with van der Waals surface area (Å²) in [5, 5.41) is 8.97. The van der Waals surface area contributed by atoms with Gasteiger partial charge in [-0.15, -0.1) is 0 Å². The summed E-state index contributed by atoms with van der Waals surface area (Å²) in [5.41, 5.74) is 9.46. The molecule has 10 heteroatoms. The smallest absolute Gasteiger partial charge is 0.331 e. The van der Waals surface area contributed by atoms with Gasteiger partial charge in [-0.25, -0.2) is 24.7 Å². The fraction of sp³-hybridized carbons (Fsp3) is 0.333. The number of ether oxygens (including phenoxy) is 2. The molecule has 2 heterocycles. The van der Waals surface area contributed by atoms with Crippen LogP contribution in [0.2, 0.25) is 0 Å². The fourth-order valence-corrected chi connectivity index (χ4v) is 6.77. The molecule has 1 unspecified atom stereocenters. The van der Waals surface area contributed by atoms with Crippen LogP contribution < -0.4 is 10.6 Å². The third-order valence-electron chi connectivity index (χ3n) is 9.85. The molecular formula is C48H56N6O4. The molecule has 10 nitrogen and oxygen atoms in total. The molecule has 3 atom stereocenters. The lowest BCUT2D eigenvalue weighted by Crippen LogP contribution is -2.10. The number of carbonyl (C=O) groups is 2. The average Bonchev–Trinajstić information content (AvgIpc) is 3.18. The van der Waals surface area contributed by atoms with Gasteiger partial charge in [0.25, 0.3) is 0 Å². The number of aromatic nitrogens is 4. The number of esters is 2. The lowest BCUT2D eigenvalue weighted by molar-refractivity contribution is -0.143. The fourth-order valence-electron chi connectivity index (χ4n) is 6.77. The van der Waals surface area contributed by atoms with Gasteiger partial charge in [0.15, 0.2) is 0 Å². The molecule has 2 aromatic heterocycles. The van der Waals surface area contributed by atoms with E-state index in [2.05, 4.69) is 113 Å². The number of rotatable bonds is 13. The number of carbonyl (C=O) groups excluding carboxylic acids is 2. The van der Waals surface area contributed by atoms with Crippen molar-refractivity contribution in [2.24, 2.45) is 0 Å². The Labute approximate surface area is 342 Å². The van der Waals surface area contributed by atoms with Crippen molar-refractivity contribution in [3.05, 3.63) is 136 Å². The quantitative estimate of drug-likeness (QED) is 0.0863. The Morgan fingerprint density at radius 2 is 1.16 bits per heavy atom. The Bertz CT molecular complexity index is 2430. The molecule has 4 aromatic carbocycles. The molecule has 0 amide bonds. The maximum Gasteiger partial charge on any atom is 0.331 e. The standard InChI is InChI=1S/C24H29N3O2.C24H27N3O2/c2*1-6-29-23(28)13-16(3)19-10-11-22-21(14-19)24(27-18(5)26-22)25-17(4)20-9-7-8-15(2)12-20/h7-12,14,16-17H,6,13H2,1-5H3,(H,25,26,27);7-14,17H,6H2,1-5H3,(H,25,26,27)/b;16-13+/t16?,17-;17-/m11/s1. The van der Waals surface area contributed by atoms with E-state index in [1.807, 2.05) is 65.0 Å². The van der Waals surface area contributed by atoms with Gasteiger partial charge in [-0.3, -0.25) is 4.79 Å². The van der Waals surface area contributed by atoms with Crippen LogP contribution in [0.1, 0.15) is 111 Å². The lowest BCUT2D eigenvalue weighted by Gasteiger charge is -2.18. The number of aryl methyl sites for hydroxylation is 4. The van der Waals surface area contributed by atoms with E-state index < -0.39 is 0 Å². The third-order valence-corrected chi connectivity index (χ3v) is 9.85. The van der Waals surface area contributed by atoms with Gasteiger partial charge < -0.3 is 20.1 Å². The van der Waals surface area contributed by atoms with E-state index in [9.17, 15) is 9.59 Å². The minimum absolute atomic E-state index is 0.0572. The van der Waals surface area contributed by atoms with Gasteiger partial charge in [-0.2, -0.15) is 0 Å². The number of nitrogens with one attached hydrogen (secondary N) is 2. The number of hydrogen-bond donors (Lipinski definition) is 2. The van der Waals surface area contributed by atoms with Gasteiger partial charge in [0.05, 0.1) is 30.7 Å². The van der Waals surface area contributed by atoms with Gasteiger partial charge in [0.2, 0.25) is 0 Å². The molecule has 0 aliphatic carbocycles. The Morgan fingerprint density at radius 1 is 0.638 bits per heavy atom. The topological polar surface area (TPSA) is 128 Å². The molecule has 6 aromatic rings. The monoisotopic (exact) mass is 780 g/mol. The van der Waals surface area contributed by atoms with E-state index >= 15 is 0 Å². The largest absolute Gasteiger partial charge is 0.466 e. The van der Waals surface area contributed by atoms with Crippen molar-refractivity contribution in [2.45, 2.75) is 93.7 Å². The van der Waals surface area contributed by atoms with E-state index in [4.69, 9.17) is 9.47 Å². The summed E-state index contributed by atoms with van der Waals surface area (Å²) in [5.74, 6) is 2.58. The first-order valence-corrected chi connectivity index (χ1v) is 20.0. The van der Waals surface area contributed by atoms with E-state index in [1.165, 1.54) is 28.3 Å². The van der Waals surface area contributed by atoms with Gasteiger partial charge in [0, 0.05) is 28.9 Å². The minimum Gasteiger partial charge on any atom is -0.466 e. The summed E-state index contributed by atoms with van der Waals surface area (Å²) >= 11 is 0. The van der Waals surface area contributed by atoms with Crippen molar-refractivity contribution >= 4 is 51.0 Å². The Morgan fingerprint density at radius 3 is 1.67 bits per heavy atom. The highest BCUT2D eigenvalue weighted by Crippen LogP contribution is 2.31. The molecule has 0 saturated carbocycles. The van der Waals surface area contributed by atoms with E-state index in [0.29, 0.717) is 25.5 Å². The second-order valence-corrected chi connectivity index (χ2v) is 14.8. The maximum absolute atomic E-state index is 11.9. The van der Waals surface area contributed by atoms with Crippen molar-refractivity contribution in [1.82, 2.24) is 19.9 Å². The highest BCUT2D eigenvalue weighted by Gasteiger charge is 2.17. The SMILES string of the molecule is CCOC(=O)/C=C(\C)c1ccc2nc(C)nc(N[C@H](C)c3cccc(C)c3)c2c1.CCOC(=O)CC(C)c1ccc2nc(C)nc(N[C@H](C)c3cccc(C)c3)c2c1. The van der Waals surface area contributed by atoms with Crippen molar-refractivity contribution in [3.63, 3.8) is 0 Å². The van der Waals surface area contributed by atoms with E-state index in [0.717, 1.165) is 56.0 Å². The van der Waals surface area contributed by atoms with Crippen molar-refractivity contribution < 1.29 is 19.1 Å². The highest BCUT2D eigenvalue weighted by atomic mass is 16.5. The minimum atomic E-state index is -0.336. The summed E-state index contributed by atoms with van der Waals surface area (Å²) in [6, 6.07) is 29.2. The Balaban J connectivity index is 0.000000221. The summed E-state index contributed by atoms with van der Waals surface area (Å²) in [4.78, 5) is 42.1. The lowest BCUT2D eigenvalue weighted by atomic mass is 9.96. The van der Waals surface area contributed by atoms with Gasteiger partial charge in [-0.1, -0.05) is 78.7 Å². The van der Waals surface area contributed by atoms with Crippen LogP contribution in [0.5, 0.6) is 0 Å². The number of fused-ring (bicyclic) bond motifs is 2. The predicted molar refractivity (Wildman–Crippen MR) is 235 cm³/mol. The summed E-state index contributed by atoms with van der Waals surface area (Å²) in [6.45, 7) is 20.5. The molecule has 302 valence electrons. The maximum atomic E-state index is 11.9. The van der Waals surface area contributed by atoms with Gasteiger partial charge in [-0.05, 0) is 120 Å². The van der Waals surface area contributed by atoms with Crippen LogP contribution in [-0.4, -0.2) is 45.1 Å². The van der Waals surface area contributed by atoms with Gasteiger partial charge in [0.1, 0.15) is 23.3 Å².